The van der Waals surface area contributed by atoms with Crippen molar-refractivity contribution < 1.29 is 4.79 Å². The molecule has 2 aromatic heterocycles. The van der Waals surface area contributed by atoms with E-state index in [4.69, 9.17) is 5.73 Å². The summed E-state index contributed by atoms with van der Waals surface area (Å²) in [7, 11) is 0. The van der Waals surface area contributed by atoms with Crippen LogP contribution in [0.2, 0.25) is 0 Å². The molecule has 5 heteroatoms. The van der Waals surface area contributed by atoms with Gasteiger partial charge >= 0.3 is 0 Å². The van der Waals surface area contributed by atoms with Gasteiger partial charge in [0.05, 0.1) is 11.2 Å². The summed E-state index contributed by atoms with van der Waals surface area (Å²) in [5.74, 6) is -0.415. The maximum atomic E-state index is 10.8. The van der Waals surface area contributed by atoms with E-state index in [-0.39, 0.29) is 12.4 Å². The maximum absolute atomic E-state index is 10.8. The molecule has 0 aromatic carbocycles. The van der Waals surface area contributed by atoms with Crippen LogP contribution in [0.25, 0.3) is 5.52 Å². The molecule has 0 atom stereocenters. The van der Waals surface area contributed by atoms with Crippen LogP contribution < -0.4 is 5.73 Å². The van der Waals surface area contributed by atoms with Crippen LogP contribution in [0.15, 0.2) is 24.4 Å². The van der Waals surface area contributed by atoms with Gasteiger partial charge in [-0.3, -0.25) is 4.79 Å². The first-order valence-electron chi connectivity index (χ1n) is 3.92. The molecule has 0 aliphatic heterocycles. The highest BCUT2D eigenvalue weighted by Gasteiger charge is 2.02. The molecule has 0 fully saturated rings. The number of hydrogen-bond acceptors (Lipinski definition) is 2. The number of nitrogens with two attached hydrogens (primary N) is 1. The molecular weight excluding hydrogens is 202 g/mol. The van der Waals surface area contributed by atoms with Gasteiger partial charge < -0.3 is 5.73 Å². The Morgan fingerprint density at radius 2 is 2.21 bits per heavy atom. The zero-order valence-corrected chi connectivity index (χ0v) is 8.41. The van der Waals surface area contributed by atoms with Crippen LogP contribution in [0.4, 0.5) is 0 Å². The second-order valence-electron chi connectivity index (χ2n) is 2.93. The van der Waals surface area contributed by atoms with E-state index in [0.717, 1.165) is 11.2 Å². The molecule has 0 saturated carbocycles. The van der Waals surface area contributed by atoms with E-state index in [9.17, 15) is 4.79 Å². The number of carbonyl (C=O) groups is 1. The monoisotopic (exact) mass is 211 g/mol. The summed E-state index contributed by atoms with van der Waals surface area (Å²) in [4.78, 5) is 10.8. The average Bonchev–Trinajstić information content (AvgIpc) is 2.42. The minimum Gasteiger partial charge on any atom is -0.366 e. The largest absolute Gasteiger partial charge is 0.366 e. The van der Waals surface area contributed by atoms with Gasteiger partial charge in [0.2, 0.25) is 5.91 Å². The molecule has 14 heavy (non-hydrogen) atoms. The average molecular weight is 212 g/mol. The van der Waals surface area contributed by atoms with E-state index in [0.29, 0.717) is 5.56 Å². The fraction of sp³-hybridized carbons (Fsp3) is 0.111. The highest BCUT2D eigenvalue weighted by molar-refractivity contribution is 5.93. The van der Waals surface area contributed by atoms with Crippen LogP contribution in [0.3, 0.4) is 0 Å². The fourth-order valence-corrected chi connectivity index (χ4v) is 1.28. The van der Waals surface area contributed by atoms with Gasteiger partial charge in [0, 0.05) is 11.8 Å². The van der Waals surface area contributed by atoms with Gasteiger partial charge in [-0.1, -0.05) is 0 Å². The van der Waals surface area contributed by atoms with Crippen molar-refractivity contribution in [2.24, 2.45) is 5.73 Å². The predicted molar refractivity (Wildman–Crippen MR) is 55.7 cm³/mol. The van der Waals surface area contributed by atoms with Gasteiger partial charge in [0.25, 0.3) is 0 Å². The number of hydrogen-bond donors (Lipinski definition) is 1. The Kier molecular flexibility index (Phi) is 2.76. The highest BCUT2D eigenvalue weighted by atomic mass is 35.5. The molecule has 0 saturated heterocycles. The third kappa shape index (κ3) is 1.70. The van der Waals surface area contributed by atoms with Crippen molar-refractivity contribution >= 4 is 23.8 Å². The van der Waals surface area contributed by atoms with Crippen molar-refractivity contribution in [3.63, 3.8) is 0 Å². The topological polar surface area (TPSA) is 60.4 Å². The molecule has 0 aliphatic rings. The number of fused-ring (bicyclic) bond motifs is 1. The zero-order chi connectivity index (χ0) is 9.42. The molecule has 1 amide bonds. The number of aromatic nitrogens is 2. The minimum absolute atomic E-state index is 0. The van der Waals surface area contributed by atoms with Crippen LogP contribution >= 0.6 is 12.4 Å². The number of primary amides is 1. The zero-order valence-electron chi connectivity index (χ0n) is 7.60. The molecule has 0 bridgehead atoms. The quantitative estimate of drug-likeness (QED) is 0.770. The van der Waals surface area contributed by atoms with Gasteiger partial charge in [-0.25, -0.2) is 4.52 Å². The Morgan fingerprint density at radius 3 is 2.86 bits per heavy atom. The molecule has 0 radical (unpaired) electrons. The Labute approximate surface area is 87.1 Å². The van der Waals surface area contributed by atoms with E-state index in [1.807, 2.05) is 13.0 Å². The van der Waals surface area contributed by atoms with Gasteiger partial charge in [0.15, 0.2) is 0 Å². The molecule has 2 aromatic rings. The van der Waals surface area contributed by atoms with Crippen molar-refractivity contribution in [1.29, 1.82) is 0 Å². The van der Waals surface area contributed by atoms with Crippen LogP contribution in [0.1, 0.15) is 16.1 Å². The van der Waals surface area contributed by atoms with E-state index in [2.05, 4.69) is 5.10 Å². The summed E-state index contributed by atoms with van der Waals surface area (Å²) in [5, 5.41) is 4.18. The summed E-state index contributed by atoms with van der Waals surface area (Å²) >= 11 is 0. The lowest BCUT2D eigenvalue weighted by molar-refractivity contribution is 0.100. The fourth-order valence-electron chi connectivity index (χ4n) is 1.28. The van der Waals surface area contributed by atoms with E-state index < -0.39 is 5.91 Å². The molecule has 2 rings (SSSR count). The third-order valence-corrected chi connectivity index (χ3v) is 1.87. The molecular formula is C9H10ClN3O. The molecule has 0 unspecified atom stereocenters. The molecule has 2 N–H and O–H groups in total. The number of rotatable bonds is 1. The number of pyridine rings is 1. The number of aryl methyl sites for hydroxylation is 1. The SMILES string of the molecule is Cc1cc2cc(C(N)=O)ccn2n1.Cl. The van der Waals surface area contributed by atoms with Gasteiger partial charge in [0.1, 0.15) is 0 Å². The Bertz CT molecular complexity index is 478. The first kappa shape index (κ1) is 10.5. The Morgan fingerprint density at radius 1 is 1.50 bits per heavy atom. The van der Waals surface area contributed by atoms with Crippen LogP contribution in [-0.2, 0) is 0 Å². The minimum atomic E-state index is -0.415. The second-order valence-corrected chi connectivity index (χ2v) is 2.93. The molecule has 0 aliphatic carbocycles. The summed E-state index contributed by atoms with van der Waals surface area (Å²) in [5.41, 5.74) is 7.45. The van der Waals surface area contributed by atoms with Gasteiger partial charge in [-0.15, -0.1) is 12.4 Å². The number of carbonyl (C=O) groups excluding carboxylic acids is 1. The van der Waals surface area contributed by atoms with E-state index >= 15 is 0 Å². The van der Waals surface area contributed by atoms with Crippen molar-refractivity contribution in [1.82, 2.24) is 9.61 Å². The van der Waals surface area contributed by atoms with Crippen LogP contribution in [-0.4, -0.2) is 15.5 Å². The summed E-state index contributed by atoms with van der Waals surface area (Å²) in [6.07, 6.45) is 1.72. The van der Waals surface area contributed by atoms with Crippen LogP contribution in [0.5, 0.6) is 0 Å². The first-order chi connectivity index (χ1) is 6.16. The molecule has 2 heterocycles. The molecule has 4 nitrogen and oxygen atoms in total. The third-order valence-electron chi connectivity index (χ3n) is 1.87. The van der Waals surface area contributed by atoms with Gasteiger partial charge in [-0.2, -0.15) is 5.10 Å². The smallest absolute Gasteiger partial charge is 0.248 e. The number of nitrogens with zero attached hydrogens (tertiary/aromatic N) is 2. The summed E-state index contributed by atoms with van der Waals surface area (Å²) in [6, 6.07) is 5.27. The van der Waals surface area contributed by atoms with E-state index in [1.165, 1.54) is 0 Å². The Balaban J connectivity index is 0.000000980. The molecule has 74 valence electrons. The van der Waals surface area contributed by atoms with E-state index in [1.54, 1.807) is 22.8 Å². The lowest BCUT2D eigenvalue weighted by Gasteiger charge is -1.95. The predicted octanol–water partition coefficient (Wildman–Crippen LogP) is 1.16. The van der Waals surface area contributed by atoms with Crippen molar-refractivity contribution in [3.8, 4) is 0 Å². The van der Waals surface area contributed by atoms with Crippen molar-refractivity contribution in [2.75, 3.05) is 0 Å². The number of halogens is 1. The number of amides is 1. The van der Waals surface area contributed by atoms with Gasteiger partial charge in [-0.05, 0) is 25.1 Å². The molecule has 0 spiro atoms. The summed E-state index contributed by atoms with van der Waals surface area (Å²) in [6.45, 7) is 1.90. The normalized spacial score (nSPS) is 9.79. The Hall–Kier alpha value is -1.55. The second kappa shape index (κ2) is 3.67. The summed E-state index contributed by atoms with van der Waals surface area (Å²) < 4.78 is 1.71. The highest BCUT2D eigenvalue weighted by Crippen LogP contribution is 2.08. The lowest BCUT2D eigenvalue weighted by atomic mass is 10.2. The lowest BCUT2D eigenvalue weighted by Crippen LogP contribution is -2.10. The maximum Gasteiger partial charge on any atom is 0.248 e. The standard InChI is InChI=1S/C9H9N3O.ClH/c1-6-4-8-5-7(9(10)13)2-3-12(8)11-6;/h2-5H,1H3,(H2,10,13);1H. The van der Waals surface area contributed by atoms with Crippen LogP contribution in [0, 0.1) is 6.92 Å². The first-order valence-corrected chi connectivity index (χ1v) is 3.92. The van der Waals surface area contributed by atoms with Crippen molar-refractivity contribution in [2.45, 2.75) is 6.92 Å². The van der Waals surface area contributed by atoms with Crippen molar-refractivity contribution in [3.05, 3.63) is 35.7 Å².